The molecule has 0 aromatic heterocycles. The van der Waals surface area contributed by atoms with Gasteiger partial charge in [0.1, 0.15) is 0 Å². The van der Waals surface area contributed by atoms with Crippen LogP contribution in [-0.4, -0.2) is 0 Å². The van der Waals surface area contributed by atoms with Crippen LogP contribution in [0, 0.1) is 0 Å². The van der Waals surface area contributed by atoms with Gasteiger partial charge >= 0.3 is 37.9 Å². The number of rotatable bonds is 10. The molecule has 0 nitrogen and oxygen atoms in total. The van der Waals surface area contributed by atoms with Crippen molar-refractivity contribution in [3.05, 3.63) is 55.6 Å². The minimum absolute atomic E-state index is 0.826. The van der Waals surface area contributed by atoms with Crippen LogP contribution in [-0.2, 0) is 85.1 Å². The maximum atomic E-state index is 4.93. The molecule has 188 valence electrons. The van der Waals surface area contributed by atoms with Crippen LogP contribution in [0.1, 0.15) is 125 Å². The van der Waals surface area contributed by atoms with Crippen LogP contribution < -0.4 is 0 Å². The van der Waals surface area contributed by atoms with Crippen LogP contribution in [0.25, 0.3) is 0 Å². The van der Waals surface area contributed by atoms with Gasteiger partial charge in [-0.15, -0.1) is 0 Å². The summed E-state index contributed by atoms with van der Waals surface area (Å²) in [6.45, 7) is 23.0. The monoisotopic (exact) mass is 570 g/mol. The van der Waals surface area contributed by atoms with Crippen molar-refractivity contribution < 1.29 is 20.8 Å². The Labute approximate surface area is 225 Å². The van der Waals surface area contributed by atoms with Gasteiger partial charge in [0, 0.05) is 0 Å². The molecule has 0 fully saturated rings. The van der Waals surface area contributed by atoms with E-state index in [9.17, 15) is 0 Å². The molecule has 0 aliphatic carbocycles. The fraction of sp³-hybridized carbons (Fsp3) is 0.667. The van der Waals surface area contributed by atoms with Gasteiger partial charge in [-0.05, 0) is 0 Å². The Morgan fingerprint density at radius 2 is 0.606 bits per heavy atom. The molecule has 0 bridgehead atoms. The van der Waals surface area contributed by atoms with Crippen LogP contribution >= 0.6 is 17.0 Å². The van der Waals surface area contributed by atoms with Gasteiger partial charge in [-0.2, -0.15) is 55.6 Å². The molecule has 0 spiro atoms. The number of hydrogen-bond acceptors (Lipinski definition) is 0. The summed E-state index contributed by atoms with van der Waals surface area (Å²) in [6, 6.07) is 0. The van der Waals surface area contributed by atoms with Crippen molar-refractivity contribution in [3.63, 3.8) is 0 Å². The van der Waals surface area contributed by atoms with Gasteiger partial charge in [0.2, 0.25) is 0 Å². The molecular formula is C30H50Cl2Zr. The normalized spacial score (nSPS) is 10.3. The van der Waals surface area contributed by atoms with E-state index in [-0.39, 0.29) is 0 Å². The Hall–Kier alpha value is 0.163. The summed E-state index contributed by atoms with van der Waals surface area (Å²) >= 11 is -0.826. The van der Waals surface area contributed by atoms with Gasteiger partial charge in [0.05, 0.1) is 0 Å². The van der Waals surface area contributed by atoms with Crippen LogP contribution in [0.3, 0.4) is 0 Å². The average molecular weight is 573 g/mol. The fourth-order valence-corrected chi connectivity index (χ4v) is 6.09. The van der Waals surface area contributed by atoms with Crippen LogP contribution in [0.15, 0.2) is 0 Å². The first-order valence-corrected chi connectivity index (χ1v) is 19.8. The third kappa shape index (κ3) is 8.08. The van der Waals surface area contributed by atoms with Gasteiger partial charge in [-0.25, -0.2) is 0 Å². The Morgan fingerprint density at radius 3 is 0.697 bits per heavy atom. The summed E-state index contributed by atoms with van der Waals surface area (Å²) in [6.07, 6.45) is 12.1. The van der Waals surface area contributed by atoms with E-state index in [1.165, 1.54) is 64.2 Å². The quantitative estimate of drug-likeness (QED) is 0.249. The summed E-state index contributed by atoms with van der Waals surface area (Å²) in [7, 11) is 9.87. The van der Waals surface area contributed by atoms with E-state index in [0.717, 1.165) is 0 Å². The van der Waals surface area contributed by atoms with E-state index in [1.54, 1.807) is 55.6 Å². The van der Waals surface area contributed by atoms with Gasteiger partial charge < -0.3 is 0 Å². The predicted molar refractivity (Wildman–Crippen MR) is 150 cm³/mol. The minimum atomic E-state index is -0.826. The molecule has 2 aromatic rings. The van der Waals surface area contributed by atoms with Crippen molar-refractivity contribution in [1.82, 2.24) is 0 Å². The molecule has 0 saturated heterocycles. The Balaban J connectivity index is 0.000000555. The second-order valence-electron chi connectivity index (χ2n) is 8.39. The maximum absolute atomic E-state index is 4.93. The Kier molecular flexibility index (Phi) is 18.5. The van der Waals surface area contributed by atoms with Crippen molar-refractivity contribution in [2.45, 2.75) is 133 Å². The van der Waals surface area contributed by atoms with Crippen molar-refractivity contribution >= 4 is 17.0 Å². The predicted octanol–water partition coefficient (Wildman–Crippen LogP) is 9.81. The van der Waals surface area contributed by atoms with Gasteiger partial charge in [0.15, 0.2) is 0 Å². The second kappa shape index (κ2) is 18.4. The average Bonchev–Trinajstić information content (AvgIpc) is 3.33. The van der Waals surface area contributed by atoms with E-state index >= 15 is 0 Å². The summed E-state index contributed by atoms with van der Waals surface area (Å²) in [5.74, 6) is 0. The van der Waals surface area contributed by atoms with Crippen molar-refractivity contribution in [2.24, 2.45) is 0 Å². The topological polar surface area (TPSA) is 0 Å². The fourth-order valence-electron chi connectivity index (χ4n) is 6.09. The van der Waals surface area contributed by atoms with Crippen molar-refractivity contribution in [3.8, 4) is 0 Å². The zero-order valence-corrected chi connectivity index (χ0v) is 27.3. The molecule has 2 aromatic carbocycles. The Morgan fingerprint density at radius 1 is 0.424 bits per heavy atom. The van der Waals surface area contributed by atoms with E-state index in [0.29, 0.717) is 0 Å². The van der Waals surface area contributed by atoms with Crippen LogP contribution in [0.5, 0.6) is 0 Å². The van der Waals surface area contributed by atoms with E-state index in [4.69, 9.17) is 17.0 Å². The second-order valence-corrected chi connectivity index (χ2v) is 12.1. The summed E-state index contributed by atoms with van der Waals surface area (Å²) < 4.78 is 0. The number of halogens is 2. The molecule has 2 rings (SSSR count). The zero-order chi connectivity index (χ0) is 25.6. The first-order chi connectivity index (χ1) is 15.9. The molecule has 0 atom stereocenters. The van der Waals surface area contributed by atoms with Gasteiger partial charge in [0.25, 0.3) is 0 Å². The molecule has 33 heavy (non-hydrogen) atoms. The first kappa shape index (κ1) is 33.2. The molecule has 0 saturated carbocycles. The molecular weight excluding hydrogens is 522 g/mol. The molecule has 0 radical (unpaired) electrons. The third-order valence-electron chi connectivity index (χ3n) is 7.18. The molecule has 0 aliphatic rings. The van der Waals surface area contributed by atoms with E-state index < -0.39 is 20.8 Å². The standard InChI is InChI=1S/2C15H25.2ClH.Zr/c2*1-6-11-12(7-2)14(9-4)15(10-5)13(11)8-3;;;/h2*6-10H2,1-5H3;2*1H;/q2*-1;;;+4/p-2. The van der Waals surface area contributed by atoms with Gasteiger partial charge in [-0.1, -0.05) is 133 Å². The molecule has 3 heteroatoms. The SMILES string of the molecule is CCc1c(CC)c(CC)[c-](CC)c1CC.CCc1c(CC)c(CC)[c-](CC)c1CC.[Cl][Zr+2][Cl]. The third-order valence-corrected chi connectivity index (χ3v) is 7.18. The van der Waals surface area contributed by atoms with Crippen molar-refractivity contribution in [2.75, 3.05) is 0 Å². The Bertz CT molecular complexity index is 545. The summed E-state index contributed by atoms with van der Waals surface area (Å²) in [4.78, 5) is 0. The zero-order valence-electron chi connectivity index (χ0n) is 23.3. The first-order valence-electron chi connectivity index (χ1n) is 13.5. The van der Waals surface area contributed by atoms with E-state index in [2.05, 4.69) is 69.2 Å². The molecule has 0 unspecified atom stereocenters. The number of hydrogen-bond donors (Lipinski definition) is 0. The molecule has 0 amide bonds. The van der Waals surface area contributed by atoms with Crippen LogP contribution in [0.4, 0.5) is 0 Å². The molecule has 0 N–H and O–H groups in total. The van der Waals surface area contributed by atoms with Crippen molar-refractivity contribution in [1.29, 1.82) is 0 Å². The molecule has 0 aliphatic heterocycles. The van der Waals surface area contributed by atoms with Gasteiger partial charge in [-0.3, -0.25) is 0 Å². The van der Waals surface area contributed by atoms with E-state index in [1.807, 2.05) is 0 Å². The molecule has 0 heterocycles. The van der Waals surface area contributed by atoms with Crippen LogP contribution in [0.2, 0.25) is 0 Å². The summed E-state index contributed by atoms with van der Waals surface area (Å²) in [5, 5.41) is 0. The summed E-state index contributed by atoms with van der Waals surface area (Å²) in [5.41, 5.74) is 16.6.